The zero-order chi connectivity index (χ0) is 3.58. The minimum absolute atomic E-state index is 0. The summed E-state index contributed by atoms with van der Waals surface area (Å²) in [7, 11) is 0. The first kappa shape index (κ1) is 15.6. The van der Waals surface area contributed by atoms with Crippen LogP contribution in [0, 0.1) is 0 Å². The zero-order valence-corrected chi connectivity index (χ0v) is 2.36. The number of hydrogen-bond donors (Lipinski definition) is 1. The Bertz CT molecular complexity index is 34.5. The Morgan fingerprint density at radius 3 is 1.67 bits per heavy atom. The van der Waals surface area contributed by atoms with E-state index in [1.54, 1.807) is 0 Å². The van der Waals surface area contributed by atoms with Gasteiger partial charge in [-0.25, -0.2) is 0 Å². The quantitative estimate of drug-likeness (QED) is 0.395. The van der Waals surface area contributed by atoms with E-state index in [4.69, 9.17) is 9.90 Å². The third-order valence-electron chi connectivity index (χ3n) is 0. The van der Waals surface area contributed by atoms with Gasteiger partial charge in [-0.05, 0) is 0 Å². The second-order valence-electron chi connectivity index (χ2n) is 0.519. The molecule has 0 atom stereocenters. The van der Waals surface area contributed by atoms with Crippen molar-refractivity contribution < 1.29 is 9.90 Å². The van der Waals surface area contributed by atoms with Crippen molar-refractivity contribution >= 4 is 74.7 Å². The Balaban J connectivity index is -0.0000000450. The summed E-state index contributed by atoms with van der Waals surface area (Å²) in [6, 6.07) is 0. The number of aliphatic carboxylic acids is 1. The average Bonchev–Trinajstić information content (AvgIpc) is 0.811. The van der Waals surface area contributed by atoms with E-state index in [9.17, 15) is 0 Å². The molecule has 0 unspecified atom stereocenters. The Kier molecular flexibility index (Phi) is 25.6. The van der Waals surface area contributed by atoms with Gasteiger partial charge in [-0.15, -0.1) is 0 Å². The first-order chi connectivity index (χ1) is 1.73. The van der Waals surface area contributed by atoms with Gasteiger partial charge < -0.3 is 5.11 Å². The van der Waals surface area contributed by atoms with Crippen molar-refractivity contribution in [3.8, 4) is 0 Å². The van der Waals surface area contributed by atoms with Gasteiger partial charge in [0.2, 0.25) is 0 Å². The average molecular weight is 130 g/mol. The Labute approximate surface area is 89.9 Å². The second-order valence-corrected chi connectivity index (χ2v) is 0.519. The van der Waals surface area contributed by atoms with E-state index in [1.165, 1.54) is 0 Å². The molecule has 0 aliphatic rings. The van der Waals surface area contributed by atoms with Gasteiger partial charge >= 0.3 is 51.4 Å². The van der Waals surface area contributed by atoms with Crippen molar-refractivity contribution in [1.29, 1.82) is 0 Å². The van der Waals surface area contributed by atoms with Gasteiger partial charge in [0, 0.05) is 6.92 Å². The van der Waals surface area contributed by atoms with Crippen LogP contribution in [0.2, 0.25) is 0 Å². The third-order valence-corrected chi connectivity index (χ3v) is 0. The van der Waals surface area contributed by atoms with E-state index in [1.807, 2.05) is 0 Å². The molecule has 0 saturated heterocycles. The number of carbonyl (C=O) groups is 1. The fraction of sp³-hybridized carbons (Fsp3) is 0.500. The molecular formula is C2H8AlKO2. The number of hydrogen-bond acceptors (Lipinski definition) is 1. The Morgan fingerprint density at radius 2 is 1.67 bits per heavy atom. The van der Waals surface area contributed by atoms with Crippen LogP contribution in [0.5, 0.6) is 0 Å². The Hall–Kier alpha value is 1.64. The fourth-order valence-corrected chi connectivity index (χ4v) is 0. The molecule has 0 aromatic carbocycles. The maximum absolute atomic E-state index is 9.00. The molecule has 0 radical (unpaired) electrons. The topological polar surface area (TPSA) is 37.3 Å². The molecule has 0 fully saturated rings. The molecule has 6 heavy (non-hydrogen) atoms. The Morgan fingerprint density at radius 1 is 1.67 bits per heavy atom. The second kappa shape index (κ2) is 9.81. The first-order valence-electron chi connectivity index (χ1n) is 0.928. The number of rotatable bonds is 0. The van der Waals surface area contributed by atoms with Crippen molar-refractivity contribution in [1.82, 2.24) is 0 Å². The first-order valence-corrected chi connectivity index (χ1v) is 0.928. The molecule has 0 heterocycles. The molecule has 0 bridgehead atoms. The molecule has 2 nitrogen and oxygen atoms in total. The summed E-state index contributed by atoms with van der Waals surface area (Å²) in [4.78, 5) is 9.00. The van der Waals surface area contributed by atoms with E-state index in [-0.39, 0.29) is 68.7 Å². The van der Waals surface area contributed by atoms with Crippen LogP contribution in [0.25, 0.3) is 0 Å². The SMILES string of the molecule is CC(=O)O.[AlH3].[KH]. The van der Waals surface area contributed by atoms with Crippen LogP contribution in [0.3, 0.4) is 0 Å². The van der Waals surface area contributed by atoms with Gasteiger partial charge in [0.25, 0.3) is 5.97 Å². The van der Waals surface area contributed by atoms with Gasteiger partial charge in [-0.2, -0.15) is 0 Å². The molecule has 0 rings (SSSR count). The van der Waals surface area contributed by atoms with Gasteiger partial charge in [0.05, 0.1) is 0 Å². The molecule has 0 aromatic rings. The van der Waals surface area contributed by atoms with Crippen LogP contribution in [-0.2, 0) is 4.79 Å². The van der Waals surface area contributed by atoms with Crippen LogP contribution in [0.4, 0.5) is 0 Å². The van der Waals surface area contributed by atoms with Crippen molar-refractivity contribution in [3.05, 3.63) is 0 Å². The molecule has 0 spiro atoms. The molecule has 4 heteroatoms. The van der Waals surface area contributed by atoms with Crippen molar-refractivity contribution in [2.75, 3.05) is 0 Å². The van der Waals surface area contributed by atoms with Gasteiger partial charge in [0.1, 0.15) is 0 Å². The van der Waals surface area contributed by atoms with Crippen LogP contribution < -0.4 is 0 Å². The minimum atomic E-state index is -0.833. The normalized spacial score (nSPS) is 4.17. The predicted molar refractivity (Wildman–Crippen MR) is 30.4 cm³/mol. The zero-order valence-electron chi connectivity index (χ0n) is 2.36. The van der Waals surface area contributed by atoms with Crippen molar-refractivity contribution in [2.45, 2.75) is 6.92 Å². The summed E-state index contributed by atoms with van der Waals surface area (Å²) >= 11 is 0. The summed E-state index contributed by atoms with van der Waals surface area (Å²) in [5.41, 5.74) is 0. The molecule has 0 aromatic heterocycles. The molecule has 0 saturated carbocycles. The van der Waals surface area contributed by atoms with E-state index in [2.05, 4.69) is 0 Å². The summed E-state index contributed by atoms with van der Waals surface area (Å²) in [5, 5.41) is 7.42. The summed E-state index contributed by atoms with van der Waals surface area (Å²) < 4.78 is 0. The standard InChI is InChI=1S/C2H4O2.Al.K.4H/c1-2(3)4;;;;;;/h1H3,(H,3,4);;;;;;. The van der Waals surface area contributed by atoms with Gasteiger partial charge in [-0.1, -0.05) is 0 Å². The van der Waals surface area contributed by atoms with E-state index in [0.29, 0.717) is 0 Å². The summed E-state index contributed by atoms with van der Waals surface area (Å²) in [6.45, 7) is 1.08. The van der Waals surface area contributed by atoms with Crippen LogP contribution in [0.1, 0.15) is 6.92 Å². The number of carboxylic acid groups (broad SMARTS) is 1. The fourth-order valence-electron chi connectivity index (χ4n) is 0. The monoisotopic (exact) mass is 130 g/mol. The summed E-state index contributed by atoms with van der Waals surface area (Å²) in [5.74, 6) is -0.833. The molecule has 0 amide bonds. The predicted octanol–water partition coefficient (Wildman–Crippen LogP) is -1.74. The van der Waals surface area contributed by atoms with Crippen LogP contribution >= 0.6 is 0 Å². The van der Waals surface area contributed by atoms with Gasteiger partial charge in [-0.3, -0.25) is 4.79 Å². The van der Waals surface area contributed by atoms with E-state index in [0.717, 1.165) is 6.92 Å². The molecular weight excluding hydrogens is 122 g/mol. The van der Waals surface area contributed by atoms with Crippen molar-refractivity contribution in [3.63, 3.8) is 0 Å². The van der Waals surface area contributed by atoms with E-state index < -0.39 is 5.97 Å². The van der Waals surface area contributed by atoms with Crippen LogP contribution in [0.15, 0.2) is 0 Å². The molecule has 32 valence electrons. The van der Waals surface area contributed by atoms with Crippen LogP contribution in [-0.4, -0.2) is 79.8 Å². The van der Waals surface area contributed by atoms with Gasteiger partial charge in [0.15, 0.2) is 17.4 Å². The number of carboxylic acids is 1. The van der Waals surface area contributed by atoms with E-state index >= 15 is 0 Å². The molecule has 0 aliphatic carbocycles. The molecule has 0 aliphatic heterocycles. The molecule has 1 N–H and O–H groups in total. The van der Waals surface area contributed by atoms with Crippen molar-refractivity contribution in [2.24, 2.45) is 0 Å². The third kappa shape index (κ3) is 45.2. The summed E-state index contributed by atoms with van der Waals surface area (Å²) in [6.07, 6.45) is 0. The maximum atomic E-state index is 9.00.